The lowest BCUT2D eigenvalue weighted by Gasteiger charge is -2.15. The van der Waals surface area contributed by atoms with E-state index in [2.05, 4.69) is 6.92 Å². The number of rotatable bonds is 7. The Bertz CT molecular complexity index is 157. The zero-order valence-corrected chi connectivity index (χ0v) is 9.45. The molecule has 0 aromatic rings. The second-order valence-electron chi connectivity index (χ2n) is 3.86. The van der Waals surface area contributed by atoms with Crippen molar-refractivity contribution in [3.63, 3.8) is 0 Å². The number of ether oxygens (including phenoxy) is 1. The van der Waals surface area contributed by atoms with Crippen LogP contribution in [0.5, 0.6) is 0 Å². The third-order valence-electron chi connectivity index (χ3n) is 2.30. The molecular formula is C11H22O3. The van der Waals surface area contributed by atoms with Crippen molar-refractivity contribution in [2.75, 3.05) is 13.2 Å². The largest absolute Gasteiger partial charge is 0.466 e. The number of hydrogen-bond acceptors (Lipinski definition) is 3. The summed E-state index contributed by atoms with van der Waals surface area (Å²) in [7, 11) is 0. The molecule has 14 heavy (non-hydrogen) atoms. The predicted molar refractivity (Wildman–Crippen MR) is 55.9 cm³/mol. The van der Waals surface area contributed by atoms with E-state index in [1.54, 1.807) is 0 Å². The average Bonchev–Trinajstić information content (AvgIpc) is 2.15. The summed E-state index contributed by atoms with van der Waals surface area (Å²) < 4.78 is 4.92. The molecule has 0 aliphatic heterocycles. The van der Waals surface area contributed by atoms with E-state index in [-0.39, 0.29) is 18.5 Å². The lowest BCUT2D eigenvalue weighted by atomic mass is 9.94. The molecule has 0 aliphatic carbocycles. The summed E-state index contributed by atoms with van der Waals surface area (Å²) in [5.41, 5.74) is 0. The lowest BCUT2D eigenvalue weighted by molar-refractivity contribution is -0.147. The lowest BCUT2D eigenvalue weighted by Crippen LogP contribution is -2.17. The van der Waals surface area contributed by atoms with Crippen molar-refractivity contribution in [3.8, 4) is 0 Å². The zero-order chi connectivity index (χ0) is 11.0. The standard InChI is InChI=1S/C11H22O3/c1-4-14-11(13)10(3)8-9(2)6-5-7-12/h9-10,12H,4-8H2,1-3H3. The highest BCUT2D eigenvalue weighted by Crippen LogP contribution is 2.17. The van der Waals surface area contributed by atoms with E-state index in [1.807, 2.05) is 13.8 Å². The van der Waals surface area contributed by atoms with Crippen LogP contribution in [-0.2, 0) is 9.53 Å². The summed E-state index contributed by atoms with van der Waals surface area (Å²) in [6.45, 7) is 6.50. The molecular weight excluding hydrogens is 180 g/mol. The van der Waals surface area contributed by atoms with Crippen LogP contribution in [0.1, 0.15) is 40.0 Å². The molecule has 2 unspecified atom stereocenters. The fraction of sp³-hybridized carbons (Fsp3) is 0.909. The third-order valence-corrected chi connectivity index (χ3v) is 2.30. The molecule has 0 radical (unpaired) electrons. The van der Waals surface area contributed by atoms with Gasteiger partial charge in [-0.25, -0.2) is 0 Å². The van der Waals surface area contributed by atoms with Gasteiger partial charge >= 0.3 is 5.97 Å². The molecule has 0 aromatic heterocycles. The van der Waals surface area contributed by atoms with E-state index in [1.165, 1.54) is 0 Å². The number of aliphatic hydroxyl groups is 1. The van der Waals surface area contributed by atoms with Crippen LogP contribution in [0.25, 0.3) is 0 Å². The fourth-order valence-corrected chi connectivity index (χ4v) is 1.54. The maximum atomic E-state index is 11.3. The topological polar surface area (TPSA) is 46.5 Å². The Morgan fingerprint density at radius 2 is 2.07 bits per heavy atom. The summed E-state index contributed by atoms with van der Waals surface area (Å²) in [4.78, 5) is 11.3. The molecule has 3 nitrogen and oxygen atoms in total. The van der Waals surface area contributed by atoms with Gasteiger partial charge in [0.2, 0.25) is 0 Å². The first-order valence-corrected chi connectivity index (χ1v) is 5.39. The number of esters is 1. The van der Waals surface area contributed by atoms with E-state index >= 15 is 0 Å². The summed E-state index contributed by atoms with van der Waals surface area (Å²) in [5, 5.41) is 8.65. The molecule has 0 heterocycles. The molecule has 2 atom stereocenters. The van der Waals surface area contributed by atoms with Gasteiger partial charge in [0.1, 0.15) is 0 Å². The Morgan fingerprint density at radius 1 is 1.43 bits per heavy atom. The quantitative estimate of drug-likeness (QED) is 0.642. The third kappa shape index (κ3) is 5.97. The van der Waals surface area contributed by atoms with Crippen LogP contribution >= 0.6 is 0 Å². The van der Waals surface area contributed by atoms with E-state index in [0.29, 0.717) is 12.5 Å². The molecule has 3 heteroatoms. The first-order valence-electron chi connectivity index (χ1n) is 5.39. The van der Waals surface area contributed by atoms with E-state index in [0.717, 1.165) is 19.3 Å². The Balaban J connectivity index is 3.68. The summed E-state index contributed by atoms with van der Waals surface area (Å²) >= 11 is 0. The Labute approximate surface area is 86.5 Å². The monoisotopic (exact) mass is 202 g/mol. The molecule has 0 rings (SSSR count). The second kappa shape index (κ2) is 7.80. The Hall–Kier alpha value is -0.570. The Kier molecular flexibility index (Phi) is 7.48. The molecule has 0 aliphatic rings. The molecule has 1 N–H and O–H groups in total. The molecule has 0 saturated carbocycles. The van der Waals surface area contributed by atoms with Gasteiger partial charge in [0.25, 0.3) is 0 Å². The minimum absolute atomic E-state index is 0.0244. The smallest absolute Gasteiger partial charge is 0.308 e. The van der Waals surface area contributed by atoms with Gasteiger partial charge in [0, 0.05) is 6.61 Å². The highest BCUT2D eigenvalue weighted by Gasteiger charge is 2.16. The van der Waals surface area contributed by atoms with Crippen molar-refractivity contribution in [2.24, 2.45) is 11.8 Å². The van der Waals surface area contributed by atoms with Crippen LogP contribution in [0.15, 0.2) is 0 Å². The maximum absolute atomic E-state index is 11.3. The number of carbonyl (C=O) groups excluding carboxylic acids is 1. The van der Waals surface area contributed by atoms with Crippen molar-refractivity contribution >= 4 is 5.97 Å². The van der Waals surface area contributed by atoms with Crippen molar-refractivity contribution in [1.29, 1.82) is 0 Å². The summed E-state index contributed by atoms with van der Waals surface area (Å²) in [6, 6.07) is 0. The van der Waals surface area contributed by atoms with Crippen LogP contribution < -0.4 is 0 Å². The van der Waals surface area contributed by atoms with Gasteiger partial charge in [-0.15, -0.1) is 0 Å². The van der Waals surface area contributed by atoms with Gasteiger partial charge in [-0.05, 0) is 32.1 Å². The SMILES string of the molecule is CCOC(=O)C(C)CC(C)CCCO. The van der Waals surface area contributed by atoms with Crippen molar-refractivity contribution in [2.45, 2.75) is 40.0 Å². The van der Waals surface area contributed by atoms with E-state index in [9.17, 15) is 4.79 Å². The minimum atomic E-state index is -0.108. The molecule has 0 aromatic carbocycles. The van der Waals surface area contributed by atoms with Crippen LogP contribution in [0, 0.1) is 11.8 Å². The maximum Gasteiger partial charge on any atom is 0.308 e. The first kappa shape index (κ1) is 13.4. The Morgan fingerprint density at radius 3 is 2.57 bits per heavy atom. The summed E-state index contributed by atoms with van der Waals surface area (Å²) in [5.74, 6) is 0.341. The number of aliphatic hydroxyl groups excluding tert-OH is 1. The van der Waals surface area contributed by atoms with E-state index in [4.69, 9.17) is 9.84 Å². The number of carbonyl (C=O) groups is 1. The van der Waals surface area contributed by atoms with Crippen LogP contribution in [-0.4, -0.2) is 24.3 Å². The zero-order valence-electron chi connectivity index (χ0n) is 9.45. The van der Waals surface area contributed by atoms with Gasteiger partial charge < -0.3 is 9.84 Å². The van der Waals surface area contributed by atoms with Gasteiger partial charge in [-0.2, -0.15) is 0 Å². The molecule has 0 saturated heterocycles. The molecule has 0 spiro atoms. The second-order valence-corrected chi connectivity index (χ2v) is 3.86. The van der Waals surface area contributed by atoms with Crippen LogP contribution in [0.2, 0.25) is 0 Å². The van der Waals surface area contributed by atoms with Crippen LogP contribution in [0.3, 0.4) is 0 Å². The van der Waals surface area contributed by atoms with Crippen molar-refractivity contribution < 1.29 is 14.6 Å². The normalized spacial score (nSPS) is 14.9. The van der Waals surface area contributed by atoms with Gasteiger partial charge in [-0.3, -0.25) is 4.79 Å². The average molecular weight is 202 g/mol. The minimum Gasteiger partial charge on any atom is -0.466 e. The highest BCUT2D eigenvalue weighted by atomic mass is 16.5. The van der Waals surface area contributed by atoms with Gasteiger partial charge in [-0.1, -0.05) is 13.8 Å². The molecule has 84 valence electrons. The van der Waals surface area contributed by atoms with E-state index < -0.39 is 0 Å². The number of hydrogen-bond donors (Lipinski definition) is 1. The molecule has 0 bridgehead atoms. The van der Waals surface area contributed by atoms with Crippen molar-refractivity contribution in [1.82, 2.24) is 0 Å². The van der Waals surface area contributed by atoms with Crippen molar-refractivity contribution in [3.05, 3.63) is 0 Å². The van der Waals surface area contributed by atoms with Crippen LogP contribution in [0.4, 0.5) is 0 Å². The van der Waals surface area contributed by atoms with Gasteiger partial charge in [0.15, 0.2) is 0 Å². The molecule has 0 fully saturated rings. The van der Waals surface area contributed by atoms with Gasteiger partial charge in [0.05, 0.1) is 12.5 Å². The highest BCUT2D eigenvalue weighted by molar-refractivity contribution is 5.71. The molecule has 0 amide bonds. The first-order chi connectivity index (χ1) is 6.61. The fourth-order valence-electron chi connectivity index (χ4n) is 1.54. The summed E-state index contributed by atoms with van der Waals surface area (Å²) in [6.07, 6.45) is 2.63. The predicted octanol–water partition coefficient (Wildman–Crippen LogP) is 1.98.